The molecule has 1 aromatic heterocycles. The number of aliphatic hydroxyl groups excluding tert-OH is 4. The normalized spacial score (nSPS) is 29.8. The van der Waals surface area contributed by atoms with Crippen LogP contribution in [0.25, 0.3) is 11.3 Å². The van der Waals surface area contributed by atoms with E-state index in [-0.39, 0.29) is 0 Å². The molecule has 0 bridgehead atoms. The van der Waals surface area contributed by atoms with Gasteiger partial charge in [0.15, 0.2) is 17.8 Å². The lowest BCUT2D eigenvalue weighted by Crippen LogP contribution is -2.56. The molecule has 0 amide bonds. The minimum atomic E-state index is -1.51. The SMILES string of the molecule is Cc1ccc(-c2c(C3=NCCCCN3)nnn2[C@@H]2O[C@H](CO)[C@@H](O)[C@H](O)[C@H]2O)cc1. The lowest BCUT2D eigenvalue weighted by atomic mass is 9.98. The van der Waals surface area contributed by atoms with Crippen LogP contribution in [-0.2, 0) is 4.74 Å². The summed E-state index contributed by atoms with van der Waals surface area (Å²) in [6.07, 6.45) is -4.65. The molecular formula is C20H27N5O5. The maximum Gasteiger partial charge on any atom is 0.181 e. The second-order valence-electron chi connectivity index (χ2n) is 7.68. The Morgan fingerprint density at radius 1 is 1.10 bits per heavy atom. The standard InChI is InChI=1S/C20H27N5O5/c1-11-4-6-12(7-5-11)15-14(19-21-8-2-3-9-22-19)23-24-25(15)20-18(29)17(28)16(27)13(10-26)30-20/h4-7,13,16-18,20,26-29H,2-3,8-10H2,1H3,(H,21,22)/t13-,16-,17+,18-,20-/m1/s1. The van der Waals surface area contributed by atoms with Gasteiger partial charge in [-0.1, -0.05) is 35.0 Å². The summed E-state index contributed by atoms with van der Waals surface area (Å²) >= 11 is 0. The fourth-order valence-corrected chi connectivity index (χ4v) is 3.74. The van der Waals surface area contributed by atoms with Crippen LogP contribution >= 0.6 is 0 Å². The predicted molar refractivity (Wildman–Crippen MR) is 108 cm³/mol. The third-order valence-electron chi connectivity index (χ3n) is 5.50. The van der Waals surface area contributed by atoms with Crippen LogP contribution < -0.4 is 5.32 Å². The van der Waals surface area contributed by atoms with Crippen molar-refractivity contribution >= 4 is 5.84 Å². The number of amidine groups is 1. The van der Waals surface area contributed by atoms with E-state index in [4.69, 9.17) is 4.74 Å². The molecule has 1 saturated heterocycles. The Morgan fingerprint density at radius 3 is 2.60 bits per heavy atom. The van der Waals surface area contributed by atoms with E-state index in [0.717, 1.165) is 30.5 Å². The molecule has 30 heavy (non-hydrogen) atoms. The van der Waals surface area contributed by atoms with Crippen LogP contribution in [0.15, 0.2) is 29.3 Å². The van der Waals surface area contributed by atoms with Gasteiger partial charge in [-0.25, -0.2) is 4.68 Å². The van der Waals surface area contributed by atoms with Gasteiger partial charge >= 0.3 is 0 Å². The van der Waals surface area contributed by atoms with Crippen LogP contribution in [0.5, 0.6) is 0 Å². The Hall–Kier alpha value is -2.37. The van der Waals surface area contributed by atoms with E-state index >= 15 is 0 Å². The molecule has 2 aliphatic rings. The van der Waals surface area contributed by atoms with Gasteiger partial charge in [0.2, 0.25) is 0 Å². The summed E-state index contributed by atoms with van der Waals surface area (Å²) in [5.74, 6) is 0.610. The van der Waals surface area contributed by atoms with Crippen molar-refractivity contribution in [2.24, 2.45) is 4.99 Å². The highest BCUT2D eigenvalue weighted by atomic mass is 16.6. The largest absolute Gasteiger partial charge is 0.394 e. The van der Waals surface area contributed by atoms with Crippen molar-refractivity contribution in [3.63, 3.8) is 0 Å². The Labute approximate surface area is 173 Å². The minimum Gasteiger partial charge on any atom is -0.394 e. The number of nitrogens with one attached hydrogen (secondary N) is 1. The Kier molecular flexibility index (Phi) is 6.11. The van der Waals surface area contributed by atoms with E-state index < -0.39 is 37.3 Å². The highest BCUT2D eigenvalue weighted by molar-refractivity contribution is 6.02. The molecule has 0 spiro atoms. The first-order valence-corrected chi connectivity index (χ1v) is 10.1. The second kappa shape index (κ2) is 8.78. The third-order valence-corrected chi connectivity index (χ3v) is 5.50. The van der Waals surface area contributed by atoms with Crippen molar-refractivity contribution in [2.45, 2.75) is 50.4 Å². The smallest absolute Gasteiger partial charge is 0.181 e. The zero-order valence-electron chi connectivity index (χ0n) is 16.7. The van der Waals surface area contributed by atoms with Gasteiger partial charge in [-0.3, -0.25) is 4.99 Å². The van der Waals surface area contributed by atoms with Crippen molar-refractivity contribution in [3.8, 4) is 11.3 Å². The molecule has 4 rings (SSSR count). The van der Waals surface area contributed by atoms with E-state index in [1.807, 2.05) is 31.2 Å². The van der Waals surface area contributed by atoms with Crippen molar-refractivity contribution < 1.29 is 25.2 Å². The Morgan fingerprint density at radius 2 is 1.87 bits per heavy atom. The number of rotatable bonds is 4. The average Bonchev–Trinajstić information content (AvgIpc) is 3.00. The van der Waals surface area contributed by atoms with Gasteiger partial charge in [-0.05, 0) is 19.8 Å². The molecule has 0 radical (unpaired) electrons. The highest BCUT2D eigenvalue weighted by Crippen LogP contribution is 2.33. The molecule has 5 N–H and O–H groups in total. The summed E-state index contributed by atoms with van der Waals surface area (Å²) in [6.45, 7) is 2.90. The van der Waals surface area contributed by atoms with Crippen LogP contribution in [-0.4, -0.2) is 85.4 Å². The molecule has 5 atom stereocenters. The molecular weight excluding hydrogens is 390 g/mol. The number of aryl methyl sites for hydroxylation is 1. The van der Waals surface area contributed by atoms with Crippen molar-refractivity contribution in [1.29, 1.82) is 0 Å². The lowest BCUT2D eigenvalue weighted by Gasteiger charge is -2.40. The molecule has 162 valence electrons. The van der Waals surface area contributed by atoms with Gasteiger partial charge in [0.1, 0.15) is 30.1 Å². The third kappa shape index (κ3) is 3.84. The van der Waals surface area contributed by atoms with E-state index in [9.17, 15) is 20.4 Å². The molecule has 3 heterocycles. The summed E-state index contributed by atoms with van der Waals surface area (Å²) in [4.78, 5) is 4.59. The molecule has 1 fully saturated rings. The molecule has 0 aliphatic carbocycles. The van der Waals surface area contributed by atoms with Gasteiger partial charge in [-0.15, -0.1) is 5.10 Å². The van der Waals surface area contributed by atoms with Gasteiger partial charge in [0.05, 0.1) is 6.61 Å². The topological polar surface area (TPSA) is 145 Å². The molecule has 10 heteroatoms. The predicted octanol–water partition coefficient (Wildman–Crippen LogP) is -0.644. The number of aliphatic hydroxyl groups is 4. The molecule has 2 aliphatic heterocycles. The second-order valence-corrected chi connectivity index (χ2v) is 7.68. The zero-order valence-corrected chi connectivity index (χ0v) is 16.7. The Balaban J connectivity index is 1.81. The maximum absolute atomic E-state index is 10.6. The fourth-order valence-electron chi connectivity index (χ4n) is 3.74. The van der Waals surface area contributed by atoms with Crippen molar-refractivity contribution in [3.05, 3.63) is 35.5 Å². The molecule has 0 unspecified atom stereocenters. The molecule has 1 aromatic carbocycles. The molecule has 2 aromatic rings. The van der Waals surface area contributed by atoms with Crippen LogP contribution in [0.3, 0.4) is 0 Å². The van der Waals surface area contributed by atoms with Gasteiger partial charge < -0.3 is 30.5 Å². The summed E-state index contributed by atoms with van der Waals surface area (Å²) < 4.78 is 7.10. The first kappa shape index (κ1) is 20.9. The maximum atomic E-state index is 10.6. The zero-order chi connectivity index (χ0) is 21.3. The fraction of sp³-hybridized carbons (Fsp3) is 0.550. The number of aliphatic imine (C=N–C) groups is 1. The number of aromatic nitrogens is 3. The molecule has 0 saturated carbocycles. The van der Waals surface area contributed by atoms with Gasteiger partial charge in [0, 0.05) is 18.7 Å². The Bertz CT molecular complexity index is 897. The van der Waals surface area contributed by atoms with Crippen LogP contribution in [0.1, 0.15) is 30.3 Å². The van der Waals surface area contributed by atoms with Crippen molar-refractivity contribution in [1.82, 2.24) is 20.3 Å². The van der Waals surface area contributed by atoms with E-state index in [1.165, 1.54) is 4.68 Å². The quantitative estimate of drug-likeness (QED) is 0.442. The van der Waals surface area contributed by atoms with E-state index in [0.29, 0.717) is 23.8 Å². The van der Waals surface area contributed by atoms with E-state index in [1.54, 1.807) is 0 Å². The molecule has 10 nitrogen and oxygen atoms in total. The van der Waals surface area contributed by atoms with Crippen molar-refractivity contribution in [2.75, 3.05) is 19.7 Å². The number of nitrogens with zero attached hydrogens (tertiary/aromatic N) is 4. The number of hydrogen-bond donors (Lipinski definition) is 5. The average molecular weight is 417 g/mol. The summed E-state index contributed by atoms with van der Waals surface area (Å²) in [7, 11) is 0. The summed E-state index contributed by atoms with van der Waals surface area (Å²) in [5.41, 5.74) is 2.94. The lowest BCUT2D eigenvalue weighted by molar-refractivity contribution is -0.253. The summed E-state index contributed by atoms with van der Waals surface area (Å²) in [5, 5.41) is 52.3. The first-order valence-electron chi connectivity index (χ1n) is 10.1. The number of benzene rings is 1. The van der Waals surface area contributed by atoms with Gasteiger partial charge in [-0.2, -0.15) is 0 Å². The number of ether oxygens (including phenoxy) is 1. The van der Waals surface area contributed by atoms with Crippen LogP contribution in [0.2, 0.25) is 0 Å². The van der Waals surface area contributed by atoms with E-state index in [2.05, 4.69) is 20.6 Å². The van der Waals surface area contributed by atoms with Gasteiger partial charge in [0.25, 0.3) is 0 Å². The number of hydrogen-bond acceptors (Lipinski definition) is 9. The first-order chi connectivity index (χ1) is 14.5. The monoisotopic (exact) mass is 417 g/mol. The van der Waals surface area contributed by atoms with Crippen LogP contribution in [0.4, 0.5) is 0 Å². The summed E-state index contributed by atoms with van der Waals surface area (Å²) in [6, 6.07) is 7.72. The minimum absolute atomic E-state index is 0.512. The van der Waals surface area contributed by atoms with Crippen LogP contribution in [0, 0.1) is 6.92 Å². The highest BCUT2D eigenvalue weighted by Gasteiger charge is 2.45.